The molecule has 0 aliphatic rings. The minimum atomic E-state index is -0.164. The van der Waals surface area contributed by atoms with Crippen LogP contribution >= 0.6 is 11.6 Å². The number of aliphatic hydroxyl groups is 1. The average Bonchev–Trinajstić information content (AvgIpc) is 2.05. The van der Waals surface area contributed by atoms with E-state index in [0.717, 1.165) is 6.20 Å². The second-order valence-electron chi connectivity index (χ2n) is 2.11. The molecule has 0 aliphatic heterocycles. The normalized spacial score (nSPS) is 10.8. The van der Waals surface area contributed by atoms with E-state index in [9.17, 15) is 5.11 Å². The van der Waals surface area contributed by atoms with Gasteiger partial charge in [0.2, 0.25) is 11.2 Å². The zero-order chi connectivity index (χ0) is 8.97. The summed E-state index contributed by atoms with van der Waals surface area (Å²) in [5, 5.41) is 17.8. The Kier molecular flexibility index (Phi) is 2.67. The molecule has 0 atom stereocenters. The number of hydrogen-bond donors (Lipinski definition) is 1. The molecule has 0 amide bonds. The van der Waals surface area contributed by atoms with Gasteiger partial charge in [0.1, 0.15) is 0 Å². The lowest BCUT2D eigenvalue weighted by molar-refractivity contribution is 0.512. The van der Waals surface area contributed by atoms with Crippen molar-refractivity contribution in [3.05, 3.63) is 46.0 Å². The highest BCUT2D eigenvalue weighted by Crippen LogP contribution is 2.21. The Bertz CT molecular complexity index is 354. The van der Waals surface area contributed by atoms with E-state index >= 15 is 0 Å². The van der Waals surface area contributed by atoms with Crippen LogP contribution in [-0.4, -0.2) is 5.11 Å². The Labute approximate surface area is 74.5 Å². The SMILES string of the molecule is N#[N+]/C=C(/O)c1ccccc1Cl. The van der Waals surface area contributed by atoms with Crippen LogP contribution in [0.2, 0.25) is 5.02 Å². The van der Waals surface area contributed by atoms with E-state index in [1.165, 1.54) is 0 Å². The molecule has 4 heteroatoms. The van der Waals surface area contributed by atoms with Crippen molar-refractivity contribution in [2.24, 2.45) is 0 Å². The molecule has 0 radical (unpaired) electrons. The minimum Gasteiger partial charge on any atom is -0.501 e. The predicted octanol–water partition coefficient (Wildman–Crippen LogP) is 3.05. The molecule has 1 N–H and O–H groups in total. The van der Waals surface area contributed by atoms with Gasteiger partial charge in [0.15, 0.2) is 4.98 Å². The number of benzene rings is 1. The fourth-order valence-electron chi connectivity index (χ4n) is 0.793. The number of nitrogens with zero attached hydrogens (tertiary/aromatic N) is 2. The highest BCUT2D eigenvalue weighted by Gasteiger charge is 2.06. The summed E-state index contributed by atoms with van der Waals surface area (Å²) < 4.78 is 0. The van der Waals surface area contributed by atoms with Crippen molar-refractivity contribution < 1.29 is 5.11 Å². The van der Waals surface area contributed by atoms with Crippen LogP contribution in [-0.2, 0) is 0 Å². The maximum Gasteiger partial charge on any atom is 0.392 e. The van der Waals surface area contributed by atoms with E-state index in [2.05, 4.69) is 4.98 Å². The van der Waals surface area contributed by atoms with E-state index in [4.69, 9.17) is 17.0 Å². The van der Waals surface area contributed by atoms with Crippen molar-refractivity contribution in [1.29, 1.82) is 5.39 Å². The predicted molar refractivity (Wildman–Crippen MR) is 47.1 cm³/mol. The Morgan fingerprint density at radius 3 is 2.75 bits per heavy atom. The lowest BCUT2D eigenvalue weighted by Crippen LogP contribution is -1.82. The first kappa shape index (κ1) is 8.57. The largest absolute Gasteiger partial charge is 0.501 e. The fourth-order valence-corrected chi connectivity index (χ4v) is 1.03. The van der Waals surface area contributed by atoms with E-state index in [1.54, 1.807) is 24.3 Å². The molecule has 0 heterocycles. The summed E-state index contributed by atoms with van der Waals surface area (Å²) in [6.07, 6.45) is 0.918. The van der Waals surface area contributed by atoms with Gasteiger partial charge >= 0.3 is 6.20 Å². The Morgan fingerprint density at radius 2 is 2.17 bits per heavy atom. The lowest BCUT2D eigenvalue weighted by atomic mass is 10.2. The summed E-state index contributed by atoms with van der Waals surface area (Å²) in [5.41, 5.74) is 0.442. The third kappa shape index (κ3) is 1.74. The first-order chi connectivity index (χ1) is 5.75. The topological polar surface area (TPSA) is 48.4 Å². The Morgan fingerprint density at radius 1 is 1.50 bits per heavy atom. The quantitative estimate of drug-likeness (QED) is 0.535. The molecule has 0 fully saturated rings. The van der Waals surface area contributed by atoms with Gasteiger partial charge in [0.25, 0.3) is 0 Å². The number of halogens is 1. The third-order valence-corrected chi connectivity index (χ3v) is 1.66. The highest BCUT2D eigenvalue weighted by molar-refractivity contribution is 6.32. The summed E-state index contributed by atoms with van der Waals surface area (Å²) in [4.78, 5) is 2.68. The van der Waals surface area contributed by atoms with E-state index in [-0.39, 0.29) is 5.76 Å². The minimum absolute atomic E-state index is 0.164. The smallest absolute Gasteiger partial charge is 0.392 e. The van der Waals surface area contributed by atoms with E-state index in [0.29, 0.717) is 10.6 Å². The number of rotatable bonds is 1. The summed E-state index contributed by atoms with van der Waals surface area (Å²) in [6.45, 7) is 0. The van der Waals surface area contributed by atoms with Gasteiger partial charge < -0.3 is 5.11 Å². The molecular weight excluding hydrogens is 176 g/mol. The second kappa shape index (κ2) is 3.74. The van der Waals surface area contributed by atoms with Crippen molar-refractivity contribution in [1.82, 2.24) is 0 Å². The molecule has 60 valence electrons. The maximum atomic E-state index is 9.22. The summed E-state index contributed by atoms with van der Waals surface area (Å²) in [5.74, 6) is -0.164. The van der Waals surface area contributed by atoms with Crippen LogP contribution in [0.3, 0.4) is 0 Å². The molecule has 0 spiro atoms. The Hall–Kier alpha value is -1.53. The second-order valence-corrected chi connectivity index (χ2v) is 2.52. The van der Waals surface area contributed by atoms with Crippen LogP contribution in [0.4, 0.5) is 0 Å². The lowest BCUT2D eigenvalue weighted by Gasteiger charge is -1.96. The maximum absolute atomic E-state index is 9.22. The molecule has 1 aromatic rings. The number of aliphatic hydroxyl groups excluding tert-OH is 1. The van der Waals surface area contributed by atoms with Gasteiger partial charge in [-0.2, -0.15) is 0 Å². The summed E-state index contributed by atoms with van der Waals surface area (Å²) >= 11 is 5.73. The molecule has 0 saturated carbocycles. The van der Waals surface area contributed by atoms with Crippen molar-refractivity contribution in [2.75, 3.05) is 0 Å². The molecule has 0 aromatic heterocycles. The fraction of sp³-hybridized carbons (Fsp3) is 0. The van der Waals surface area contributed by atoms with Gasteiger partial charge in [-0.1, -0.05) is 23.7 Å². The summed E-state index contributed by atoms with van der Waals surface area (Å²) in [7, 11) is 0. The molecule has 0 aliphatic carbocycles. The molecule has 1 rings (SSSR count). The van der Waals surface area contributed by atoms with Gasteiger partial charge in [0, 0.05) is 5.56 Å². The molecule has 12 heavy (non-hydrogen) atoms. The van der Waals surface area contributed by atoms with Crippen LogP contribution in [0.5, 0.6) is 0 Å². The van der Waals surface area contributed by atoms with Crippen LogP contribution < -0.4 is 0 Å². The van der Waals surface area contributed by atoms with Gasteiger partial charge in [-0.25, -0.2) is 0 Å². The van der Waals surface area contributed by atoms with Crippen LogP contribution in [0, 0.1) is 5.39 Å². The van der Waals surface area contributed by atoms with Gasteiger partial charge in [-0.05, 0) is 12.1 Å². The Balaban J connectivity index is 3.13. The average molecular weight is 182 g/mol. The molecule has 0 bridgehead atoms. The van der Waals surface area contributed by atoms with Crippen molar-refractivity contribution in [3.63, 3.8) is 0 Å². The molecule has 0 saturated heterocycles. The zero-order valence-electron chi connectivity index (χ0n) is 6.11. The number of hydrogen-bond acceptors (Lipinski definition) is 2. The molecule has 3 nitrogen and oxygen atoms in total. The highest BCUT2D eigenvalue weighted by atomic mass is 35.5. The standard InChI is InChI=1S/C8H5ClN2O/c9-7-4-2-1-3-6(7)8(12)5-11-10/h1-5H/p+1/b8-5+. The van der Waals surface area contributed by atoms with Crippen LogP contribution in [0.1, 0.15) is 5.56 Å². The monoisotopic (exact) mass is 181 g/mol. The molecule has 1 aromatic carbocycles. The van der Waals surface area contributed by atoms with Crippen molar-refractivity contribution in [3.8, 4) is 0 Å². The first-order valence-electron chi connectivity index (χ1n) is 3.24. The van der Waals surface area contributed by atoms with Gasteiger partial charge in [-0.3, -0.25) is 0 Å². The van der Waals surface area contributed by atoms with E-state index in [1.807, 2.05) is 0 Å². The summed E-state index contributed by atoms with van der Waals surface area (Å²) in [6, 6.07) is 6.73. The van der Waals surface area contributed by atoms with Crippen LogP contribution in [0.25, 0.3) is 10.7 Å². The number of diazo groups is 1. The van der Waals surface area contributed by atoms with Crippen LogP contribution in [0.15, 0.2) is 30.5 Å². The van der Waals surface area contributed by atoms with Crippen molar-refractivity contribution >= 4 is 17.4 Å². The molecular formula is C8H6ClN2O+. The zero-order valence-corrected chi connectivity index (χ0v) is 6.86. The van der Waals surface area contributed by atoms with E-state index < -0.39 is 0 Å². The molecule has 0 unspecified atom stereocenters. The van der Waals surface area contributed by atoms with Gasteiger partial charge in [-0.15, -0.1) is 0 Å². The van der Waals surface area contributed by atoms with Crippen molar-refractivity contribution in [2.45, 2.75) is 0 Å². The van der Waals surface area contributed by atoms with Gasteiger partial charge in [0.05, 0.1) is 5.02 Å². The third-order valence-electron chi connectivity index (χ3n) is 1.33. The first-order valence-corrected chi connectivity index (χ1v) is 3.61.